The van der Waals surface area contributed by atoms with E-state index in [-0.39, 0.29) is 0 Å². The third kappa shape index (κ3) is 5.49. The fourth-order valence-electron chi connectivity index (χ4n) is 4.10. The van der Waals surface area contributed by atoms with E-state index in [1.807, 2.05) is 0 Å². The van der Waals surface area contributed by atoms with Gasteiger partial charge in [0, 0.05) is 63.7 Å². The summed E-state index contributed by atoms with van der Waals surface area (Å²) in [5.74, 6) is 0. The van der Waals surface area contributed by atoms with E-state index in [2.05, 4.69) is 84.5 Å². The van der Waals surface area contributed by atoms with Crippen LogP contribution in [-0.2, 0) is 0 Å². The molecular weight excluding hydrogens is 344 g/mol. The Balaban J connectivity index is 1.34. The molecule has 1 heterocycles. The number of nitrogens with zero attached hydrogens (tertiary/aromatic N) is 2. The molecule has 0 radical (unpaired) electrons. The number of nitrogens with one attached hydrogen (secondary N) is 2. The second-order valence-electron chi connectivity index (χ2n) is 8.07. The molecule has 1 aliphatic heterocycles. The van der Waals surface area contributed by atoms with Crippen LogP contribution in [0, 0.1) is 27.7 Å². The Kier molecular flexibility index (Phi) is 7.35. The van der Waals surface area contributed by atoms with Crippen LogP contribution in [-0.4, -0.2) is 62.2 Å². The highest BCUT2D eigenvalue weighted by Gasteiger charge is 2.16. The van der Waals surface area contributed by atoms with Gasteiger partial charge in [0.25, 0.3) is 0 Å². The van der Waals surface area contributed by atoms with Gasteiger partial charge in [-0.25, -0.2) is 0 Å². The fourth-order valence-corrected chi connectivity index (χ4v) is 4.10. The van der Waals surface area contributed by atoms with E-state index < -0.39 is 0 Å². The molecule has 0 unspecified atom stereocenters. The van der Waals surface area contributed by atoms with E-state index in [4.69, 9.17) is 0 Å². The van der Waals surface area contributed by atoms with Crippen molar-refractivity contribution >= 4 is 11.4 Å². The summed E-state index contributed by atoms with van der Waals surface area (Å²) in [6.07, 6.45) is 0. The highest BCUT2D eigenvalue weighted by molar-refractivity contribution is 5.57. The number of piperazine rings is 1. The predicted molar refractivity (Wildman–Crippen MR) is 122 cm³/mol. The van der Waals surface area contributed by atoms with Gasteiger partial charge in [0.1, 0.15) is 0 Å². The molecule has 0 atom stereocenters. The summed E-state index contributed by atoms with van der Waals surface area (Å²) in [6.45, 7) is 17.6. The van der Waals surface area contributed by atoms with Gasteiger partial charge in [-0.2, -0.15) is 0 Å². The molecule has 1 saturated heterocycles. The van der Waals surface area contributed by atoms with Crippen molar-refractivity contribution in [2.24, 2.45) is 0 Å². The Morgan fingerprint density at radius 1 is 0.607 bits per heavy atom. The minimum atomic E-state index is 1.01. The van der Waals surface area contributed by atoms with Crippen LogP contribution in [0.25, 0.3) is 0 Å². The Hall–Kier alpha value is -2.04. The van der Waals surface area contributed by atoms with Gasteiger partial charge in [-0.1, -0.05) is 36.4 Å². The minimum Gasteiger partial charge on any atom is -0.383 e. The summed E-state index contributed by atoms with van der Waals surface area (Å²) in [6, 6.07) is 13.0. The van der Waals surface area contributed by atoms with Gasteiger partial charge in [0.15, 0.2) is 0 Å². The Morgan fingerprint density at radius 2 is 0.929 bits per heavy atom. The summed E-state index contributed by atoms with van der Waals surface area (Å²) in [7, 11) is 0. The zero-order chi connectivity index (χ0) is 19.9. The minimum absolute atomic E-state index is 1.01. The lowest BCUT2D eigenvalue weighted by atomic mass is 10.1. The second-order valence-corrected chi connectivity index (χ2v) is 8.07. The maximum Gasteiger partial charge on any atom is 0.0400 e. The van der Waals surface area contributed by atoms with Crippen molar-refractivity contribution in [1.82, 2.24) is 9.80 Å². The average molecular weight is 381 g/mol. The van der Waals surface area contributed by atoms with E-state index >= 15 is 0 Å². The van der Waals surface area contributed by atoms with Crippen LogP contribution in [0.2, 0.25) is 0 Å². The first-order valence-corrected chi connectivity index (χ1v) is 10.6. The predicted octanol–water partition coefficient (Wildman–Crippen LogP) is 4.06. The van der Waals surface area contributed by atoms with Crippen LogP contribution in [0.1, 0.15) is 22.3 Å². The van der Waals surface area contributed by atoms with Gasteiger partial charge < -0.3 is 10.6 Å². The SMILES string of the molecule is Cc1cccc(C)c1NCCN1CCN(CCNc2c(C)cccc2C)CC1. The van der Waals surface area contributed by atoms with Gasteiger partial charge >= 0.3 is 0 Å². The first-order chi connectivity index (χ1) is 13.5. The molecule has 0 saturated carbocycles. The monoisotopic (exact) mass is 380 g/mol. The number of hydrogen-bond donors (Lipinski definition) is 2. The number of hydrogen-bond acceptors (Lipinski definition) is 4. The first-order valence-electron chi connectivity index (χ1n) is 10.6. The van der Waals surface area contributed by atoms with Crippen LogP contribution in [0.4, 0.5) is 11.4 Å². The van der Waals surface area contributed by atoms with Crippen molar-refractivity contribution in [1.29, 1.82) is 0 Å². The van der Waals surface area contributed by atoms with Crippen molar-refractivity contribution in [3.63, 3.8) is 0 Å². The molecule has 1 aliphatic rings. The molecule has 0 amide bonds. The molecule has 1 fully saturated rings. The molecule has 152 valence electrons. The smallest absolute Gasteiger partial charge is 0.0400 e. The topological polar surface area (TPSA) is 30.5 Å². The third-order valence-corrected chi connectivity index (χ3v) is 5.89. The highest BCUT2D eigenvalue weighted by Crippen LogP contribution is 2.20. The van der Waals surface area contributed by atoms with Crippen LogP contribution < -0.4 is 10.6 Å². The van der Waals surface area contributed by atoms with Crippen molar-refractivity contribution in [3.8, 4) is 0 Å². The van der Waals surface area contributed by atoms with E-state index in [1.54, 1.807) is 0 Å². The number of rotatable bonds is 8. The van der Waals surface area contributed by atoms with E-state index in [1.165, 1.54) is 33.6 Å². The van der Waals surface area contributed by atoms with E-state index in [0.29, 0.717) is 0 Å². The van der Waals surface area contributed by atoms with Gasteiger partial charge in [-0.3, -0.25) is 9.80 Å². The number of aryl methyl sites for hydroxylation is 4. The molecule has 2 aromatic carbocycles. The molecular formula is C24H36N4. The second kappa shape index (κ2) is 9.94. The zero-order valence-electron chi connectivity index (χ0n) is 18.0. The molecule has 2 N–H and O–H groups in total. The van der Waals surface area contributed by atoms with Crippen molar-refractivity contribution in [2.45, 2.75) is 27.7 Å². The van der Waals surface area contributed by atoms with Crippen LogP contribution in [0.15, 0.2) is 36.4 Å². The maximum atomic E-state index is 3.64. The van der Waals surface area contributed by atoms with Crippen molar-refractivity contribution < 1.29 is 0 Å². The lowest BCUT2D eigenvalue weighted by Gasteiger charge is -2.35. The summed E-state index contributed by atoms with van der Waals surface area (Å²) in [5.41, 5.74) is 7.95. The van der Waals surface area contributed by atoms with Gasteiger partial charge in [-0.05, 0) is 49.9 Å². The van der Waals surface area contributed by atoms with Gasteiger partial charge in [-0.15, -0.1) is 0 Å². The van der Waals surface area contributed by atoms with Crippen molar-refractivity contribution in [3.05, 3.63) is 58.7 Å². The molecule has 3 rings (SSSR count). The quantitative estimate of drug-likeness (QED) is 0.723. The zero-order valence-corrected chi connectivity index (χ0v) is 18.0. The van der Waals surface area contributed by atoms with Crippen LogP contribution in [0.3, 0.4) is 0 Å². The van der Waals surface area contributed by atoms with Gasteiger partial charge in [0.2, 0.25) is 0 Å². The molecule has 0 aliphatic carbocycles. The maximum absolute atomic E-state index is 3.64. The van der Waals surface area contributed by atoms with Crippen LogP contribution in [0.5, 0.6) is 0 Å². The standard InChI is InChI=1S/C24H36N4/c1-19-7-5-8-20(2)23(19)25-11-13-27-15-17-28(18-16-27)14-12-26-24-21(3)9-6-10-22(24)4/h5-10,25-26H,11-18H2,1-4H3. The molecule has 0 aromatic heterocycles. The molecule has 2 aromatic rings. The molecule has 4 nitrogen and oxygen atoms in total. The van der Waals surface area contributed by atoms with E-state index in [0.717, 1.165) is 52.4 Å². The van der Waals surface area contributed by atoms with Crippen LogP contribution >= 0.6 is 0 Å². The Labute approximate surface area is 170 Å². The summed E-state index contributed by atoms with van der Waals surface area (Å²) < 4.78 is 0. The first kappa shape index (κ1) is 20.7. The average Bonchev–Trinajstić information content (AvgIpc) is 2.67. The largest absolute Gasteiger partial charge is 0.383 e. The Bertz CT molecular complexity index is 657. The van der Waals surface area contributed by atoms with Gasteiger partial charge in [0.05, 0.1) is 0 Å². The molecule has 0 spiro atoms. The summed E-state index contributed by atoms with van der Waals surface area (Å²) >= 11 is 0. The number of benzene rings is 2. The molecule has 4 heteroatoms. The lowest BCUT2D eigenvalue weighted by Crippen LogP contribution is -2.48. The highest BCUT2D eigenvalue weighted by atomic mass is 15.3. The van der Waals surface area contributed by atoms with E-state index in [9.17, 15) is 0 Å². The number of para-hydroxylation sites is 2. The summed E-state index contributed by atoms with van der Waals surface area (Å²) in [4.78, 5) is 5.16. The summed E-state index contributed by atoms with van der Waals surface area (Å²) in [5, 5.41) is 7.27. The Morgan fingerprint density at radius 3 is 1.25 bits per heavy atom. The van der Waals surface area contributed by atoms with Crippen molar-refractivity contribution in [2.75, 3.05) is 63.0 Å². The normalized spacial score (nSPS) is 15.6. The molecule has 0 bridgehead atoms. The lowest BCUT2D eigenvalue weighted by molar-refractivity contribution is 0.140. The molecule has 28 heavy (non-hydrogen) atoms. The fraction of sp³-hybridized carbons (Fsp3) is 0.500. The number of anilines is 2. The third-order valence-electron chi connectivity index (χ3n) is 5.89.